The van der Waals surface area contributed by atoms with Gasteiger partial charge in [-0.05, 0) is 84.0 Å². The van der Waals surface area contributed by atoms with Gasteiger partial charge in [-0.1, -0.05) is 20.3 Å². The van der Waals surface area contributed by atoms with E-state index in [1.807, 2.05) is 20.8 Å². The molecule has 43 heavy (non-hydrogen) atoms. The lowest BCUT2D eigenvalue weighted by Crippen LogP contribution is -2.45. The first-order valence-corrected chi connectivity index (χ1v) is 15.6. The number of ketones is 1. The van der Waals surface area contributed by atoms with E-state index in [9.17, 15) is 14.7 Å². The van der Waals surface area contributed by atoms with Gasteiger partial charge in [0, 0.05) is 42.3 Å². The average molecular weight is 597 g/mol. The van der Waals surface area contributed by atoms with Crippen molar-refractivity contribution < 1.29 is 24.2 Å². The van der Waals surface area contributed by atoms with Crippen molar-refractivity contribution in [3.05, 3.63) is 29.2 Å². The highest BCUT2D eigenvalue weighted by Gasteiger charge is 2.49. The number of nitrogens with two attached hydrogens (primary N) is 1. The summed E-state index contributed by atoms with van der Waals surface area (Å²) in [7, 11) is 2.07. The smallest absolute Gasteiger partial charge is 0.354 e. The SMILES string of the molecule is CC.CCOC(=O)/C(N)=C/C=N/c1cc(O[C@@H](C)C2CCCN2C)nc(/C(O)=C2\CCC[C@@]3(CCCCC3=O)C2C=N)n1. The van der Waals surface area contributed by atoms with Crippen LogP contribution in [-0.4, -0.2) is 76.5 Å². The predicted molar refractivity (Wildman–Crippen MR) is 168 cm³/mol. The van der Waals surface area contributed by atoms with Gasteiger partial charge in [-0.3, -0.25) is 9.69 Å². The molecule has 4 rings (SSSR count). The van der Waals surface area contributed by atoms with Crippen LogP contribution in [0.25, 0.3) is 5.76 Å². The number of ether oxygens (including phenoxy) is 2. The van der Waals surface area contributed by atoms with Gasteiger partial charge in [0.15, 0.2) is 17.4 Å². The summed E-state index contributed by atoms with van der Waals surface area (Å²) < 4.78 is 11.1. The Hall–Kier alpha value is -3.60. The zero-order chi connectivity index (χ0) is 31.6. The van der Waals surface area contributed by atoms with E-state index in [1.165, 1.54) is 18.5 Å². The number of likely N-dealkylation sites (N-methyl/N-ethyl adjacent to an activating group) is 1. The maximum absolute atomic E-state index is 13.2. The van der Waals surface area contributed by atoms with Crippen molar-refractivity contribution in [3.8, 4) is 5.88 Å². The Bertz CT molecular complexity index is 1240. The summed E-state index contributed by atoms with van der Waals surface area (Å²) in [5.41, 5.74) is 5.60. The van der Waals surface area contributed by atoms with Gasteiger partial charge in [0.2, 0.25) is 5.88 Å². The van der Waals surface area contributed by atoms with Gasteiger partial charge in [0.05, 0.1) is 6.61 Å². The van der Waals surface area contributed by atoms with Gasteiger partial charge in [0.1, 0.15) is 17.6 Å². The molecule has 11 nitrogen and oxygen atoms in total. The molecule has 4 N–H and O–H groups in total. The molecular weight excluding hydrogens is 548 g/mol. The number of aliphatic imine (C=N–C) groups is 1. The van der Waals surface area contributed by atoms with Crippen LogP contribution in [0.3, 0.4) is 0 Å². The lowest BCUT2D eigenvalue weighted by molar-refractivity contribution is -0.138. The number of likely N-dealkylation sites (tertiary alicyclic amines) is 1. The van der Waals surface area contributed by atoms with Gasteiger partial charge in [0.25, 0.3) is 0 Å². The third kappa shape index (κ3) is 7.87. The molecule has 236 valence electrons. The van der Waals surface area contributed by atoms with E-state index in [0.29, 0.717) is 31.3 Å². The fourth-order valence-corrected chi connectivity index (χ4v) is 6.54. The van der Waals surface area contributed by atoms with Crippen LogP contribution in [0.4, 0.5) is 5.82 Å². The van der Waals surface area contributed by atoms with E-state index >= 15 is 0 Å². The summed E-state index contributed by atoms with van der Waals surface area (Å²) >= 11 is 0. The Kier molecular flexibility index (Phi) is 12.4. The summed E-state index contributed by atoms with van der Waals surface area (Å²) in [4.78, 5) is 40.6. The predicted octanol–water partition coefficient (Wildman–Crippen LogP) is 5.32. The number of aliphatic hydroxyl groups is 1. The Morgan fingerprint density at radius 2 is 2.00 bits per heavy atom. The van der Waals surface area contributed by atoms with E-state index in [4.69, 9.17) is 20.6 Å². The molecule has 1 aromatic heterocycles. The minimum absolute atomic E-state index is 0.0196. The molecule has 2 heterocycles. The van der Waals surface area contributed by atoms with E-state index in [1.54, 1.807) is 13.0 Å². The number of hydrogen-bond donors (Lipinski definition) is 3. The number of nitrogens with zero attached hydrogens (tertiary/aromatic N) is 4. The van der Waals surface area contributed by atoms with Crippen molar-refractivity contribution in [2.75, 3.05) is 20.2 Å². The maximum Gasteiger partial charge on any atom is 0.354 e. The molecule has 0 amide bonds. The summed E-state index contributed by atoms with van der Waals surface area (Å²) in [5, 5.41) is 19.8. The Morgan fingerprint density at radius 1 is 1.26 bits per heavy atom. The molecule has 1 saturated heterocycles. The normalized spacial score (nSPS) is 26.5. The topological polar surface area (TPSA) is 164 Å². The molecule has 4 atom stereocenters. The van der Waals surface area contributed by atoms with Gasteiger partial charge >= 0.3 is 5.97 Å². The Balaban J connectivity index is 0.00000248. The fraction of sp³-hybridized carbons (Fsp3) is 0.625. The highest BCUT2D eigenvalue weighted by Crippen LogP contribution is 2.51. The molecule has 2 unspecified atom stereocenters. The number of rotatable bonds is 9. The van der Waals surface area contributed by atoms with Crippen molar-refractivity contribution in [3.63, 3.8) is 0 Å². The van der Waals surface area contributed by atoms with Crippen molar-refractivity contribution in [1.82, 2.24) is 14.9 Å². The number of carbonyl (C=O) groups is 2. The zero-order valence-corrected chi connectivity index (χ0v) is 26.3. The lowest BCUT2D eigenvalue weighted by Gasteiger charge is -2.45. The number of allylic oxidation sites excluding steroid dienone is 2. The van der Waals surface area contributed by atoms with Gasteiger partial charge in [-0.2, -0.15) is 4.98 Å². The summed E-state index contributed by atoms with van der Waals surface area (Å²) in [5.74, 6) is -0.674. The molecule has 0 bridgehead atoms. The van der Waals surface area contributed by atoms with Crippen LogP contribution < -0.4 is 10.5 Å². The fourth-order valence-electron chi connectivity index (χ4n) is 6.54. The van der Waals surface area contributed by atoms with Crippen LogP contribution >= 0.6 is 0 Å². The van der Waals surface area contributed by atoms with Crippen molar-refractivity contribution in [2.24, 2.45) is 22.1 Å². The van der Waals surface area contributed by atoms with Crippen LogP contribution in [0.2, 0.25) is 0 Å². The number of carbonyl (C=O) groups excluding carboxylic acids is 2. The molecule has 3 fully saturated rings. The summed E-state index contributed by atoms with van der Waals surface area (Å²) in [6, 6.07) is 1.79. The molecule has 1 spiro atoms. The second-order valence-electron chi connectivity index (χ2n) is 11.2. The third-order valence-corrected chi connectivity index (χ3v) is 8.64. The van der Waals surface area contributed by atoms with Crippen LogP contribution in [0.1, 0.15) is 91.3 Å². The van der Waals surface area contributed by atoms with E-state index in [0.717, 1.165) is 38.6 Å². The average Bonchev–Trinajstić information content (AvgIpc) is 3.45. The molecule has 11 heteroatoms. The number of nitrogens with one attached hydrogen (secondary N) is 1. The number of aromatic nitrogens is 2. The largest absolute Gasteiger partial charge is 0.504 e. The molecule has 1 aromatic rings. The van der Waals surface area contributed by atoms with Crippen molar-refractivity contribution >= 4 is 35.8 Å². The quantitative estimate of drug-likeness (QED) is 0.148. The molecule has 2 aliphatic carbocycles. The van der Waals surface area contributed by atoms with E-state index in [2.05, 4.69) is 26.9 Å². The lowest BCUT2D eigenvalue weighted by atomic mass is 9.57. The first-order chi connectivity index (χ1) is 20.7. The maximum atomic E-state index is 13.2. The molecule has 0 radical (unpaired) electrons. The Labute approximate surface area is 255 Å². The van der Waals surface area contributed by atoms with E-state index < -0.39 is 17.3 Å². The molecule has 1 aliphatic heterocycles. The van der Waals surface area contributed by atoms with Gasteiger partial charge in [-0.25, -0.2) is 14.8 Å². The van der Waals surface area contributed by atoms with Gasteiger partial charge < -0.3 is 25.7 Å². The van der Waals surface area contributed by atoms with Crippen molar-refractivity contribution in [1.29, 1.82) is 5.41 Å². The summed E-state index contributed by atoms with van der Waals surface area (Å²) in [6.07, 6.45) is 10.9. The standard InChI is InChI=1S/C30H42N6O5.C2H6/c1-4-40-29(39)22(32)12-15-33-25-17-26(41-19(2)23-10-8-16-36(23)3)35-28(34-25)27(38)20-9-7-14-30(21(20)18-31)13-6-5-11-24(30)37;1-2/h12,15,17-19,21,23,31,38H,4-11,13-14,16,32H2,1-3H3;1-2H3/b22-12-,27-20-,31-18?,33-15+;/t19-,21?,23?,30-;/m0./s1. The third-order valence-electron chi connectivity index (χ3n) is 8.64. The van der Waals surface area contributed by atoms with Crippen LogP contribution in [0.5, 0.6) is 5.88 Å². The Morgan fingerprint density at radius 3 is 2.65 bits per heavy atom. The minimum Gasteiger partial charge on any atom is -0.504 e. The van der Waals surface area contributed by atoms with Crippen molar-refractivity contribution in [2.45, 2.75) is 97.6 Å². The second kappa shape index (κ2) is 15.7. The molecular formula is C32H48N6O5. The number of aliphatic hydroxyl groups excluding tert-OH is 1. The van der Waals surface area contributed by atoms with Crippen LogP contribution in [-0.2, 0) is 14.3 Å². The first kappa shape index (κ1) is 33.9. The minimum atomic E-state index is -0.659. The van der Waals surface area contributed by atoms with Gasteiger partial charge in [-0.15, -0.1) is 0 Å². The highest BCUT2D eigenvalue weighted by molar-refractivity contribution is 5.93. The van der Waals surface area contributed by atoms with Crippen LogP contribution in [0, 0.1) is 16.7 Å². The van der Waals surface area contributed by atoms with E-state index in [-0.39, 0.29) is 53.5 Å². The number of hydrogen-bond acceptors (Lipinski definition) is 11. The molecule has 0 aromatic carbocycles. The number of Topliss-reactive ketones (excluding diaryl/α,β-unsaturated/α-hetero) is 1. The second-order valence-corrected chi connectivity index (χ2v) is 11.2. The monoisotopic (exact) mass is 596 g/mol. The highest BCUT2D eigenvalue weighted by atomic mass is 16.5. The number of esters is 1. The zero-order valence-electron chi connectivity index (χ0n) is 26.3. The summed E-state index contributed by atoms with van der Waals surface area (Å²) in [6.45, 7) is 8.88. The first-order valence-electron chi connectivity index (χ1n) is 15.6. The molecule has 2 saturated carbocycles. The molecule has 3 aliphatic rings. The van der Waals surface area contributed by atoms with Crippen LogP contribution in [0.15, 0.2) is 28.4 Å².